The van der Waals surface area contributed by atoms with Crippen molar-refractivity contribution in [1.82, 2.24) is 20.1 Å². The van der Waals surface area contributed by atoms with Crippen LogP contribution in [0, 0.1) is 11.6 Å². The van der Waals surface area contributed by atoms with Crippen LogP contribution in [0.2, 0.25) is 0 Å². The number of likely N-dealkylation sites (N-methyl/N-ethyl adjacent to an activating group) is 1. The maximum atomic E-state index is 14.0. The number of nitrogens with one attached hydrogen (secondary N) is 2. The van der Waals surface area contributed by atoms with Gasteiger partial charge in [0.15, 0.2) is 11.4 Å². The normalized spacial score (nSPS) is 19.2. The van der Waals surface area contributed by atoms with E-state index in [9.17, 15) is 28.3 Å². The molecule has 1 aromatic heterocycles. The van der Waals surface area contributed by atoms with Crippen LogP contribution in [0.3, 0.4) is 0 Å². The Labute approximate surface area is 182 Å². The summed E-state index contributed by atoms with van der Waals surface area (Å²) in [6.45, 7) is 4.82. The molecule has 0 saturated heterocycles. The fraction of sp³-hybridized carbons (Fsp3) is 0.409. The lowest BCUT2D eigenvalue weighted by molar-refractivity contribution is 0.0675. The summed E-state index contributed by atoms with van der Waals surface area (Å²) in [5.41, 5.74) is -0.938. The summed E-state index contributed by atoms with van der Waals surface area (Å²) in [5.74, 6) is -3.59. The van der Waals surface area contributed by atoms with Crippen molar-refractivity contribution in [1.29, 1.82) is 0 Å². The van der Waals surface area contributed by atoms with Gasteiger partial charge in [-0.3, -0.25) is 14.4 Å². The smallest absolute Gasteiger partial charge is 0.274 e. The number of aromatic hydroxyl groups is 1. The summed E-state index contributed by atoms with van der Waals surface area (Å²) >= 11 is 0. The van der Waals surface area contributed by atoms with Gasteiger partial charge in [-0.1, -0.05) is 13.0 Å². The first kappa shape index (κ1) is 21.9. The van der Waals surface area contributed by atoms with Crippen molar-refractivity contribution in [3.05, 3.63) is 62.6 Å². The first-order valence-electron chi connectivity index (χ1n) is 10.5. The highest BCUT2D eigenvalue weighted by atomic mass is 19.1. The van der Waals surface area contributed by atoms with Crippen molar-refractivity contribution in [3.8, 4) is 5.75 Å². The molecule has 0 spiro atoms. The summed E-state index contributed by atoms with van der Waals surface area (Å²) in [7, 11) is 0. The molecule has 3 N–H and O–H groups in total. The van der Waals surface area contributed by atoms with E-state index >= 15 is 0 Å². The van der Waals surface area contributed by atoms with Crippen molar-refractivity contribution in [2.24, 2.45) is 0 Å². The summed E-state index contributed by atoms with van der Waals surface area (Å²) in [6.07, 6.45) is 0.542. The zero-order valence-corrected chi connectivity index (χ0v) is 17.7. The third kappa shape index (κ3) is 3.44. The van der Waals surface area contributed by atoms with Crippen molar-refractivity contribution >= 4 is 11.8 Å². The first-order chi connectivity index (χ1) is 15.3. The second kappa shape index (κ2) is 8.34. The van der Waals surface area contributed by atoms with Gasteiger partial charge < -0.3 is 25.2 Å². The molecule has 3 heterocycles. The zero-order chi connectivity index (χ0) is 23.2. The lowest BCUT2D eigenvalue weighted by Gasteiger charge is -2.33. The predicted octanol–water partition coefficient (Wildman–Crippen LogP) is 1.83. The number of hydrogen-bond donors (Lipinski definition) is 3. The average Bonchev–Trinajstić information content (AvgIpc) is 3.10. The van der Waals surface area contributed by atoms with Gasteiger partial charge in [0.2, 0.25) is 5.43 Å². The van der Waals surface area contributed by atoms with Crippen LogP contribution < -0.4 is 16.1 Å². The van der Waals surface area contributed by atoms with Crippen molar-refractivity contribution in [2.45, 2.75) is 38.9 Å². The van der Waals surface area contributed by atoms with Crippen LogP contribution in [-0.2, 0) is 6.54 Å². The number of aromatic nitrogens is 1. The molecule has 170 valence electrons. The molecule has 8 nitrogen and oxygen atoms in total. The van der Waals surface area contributed by atoms with Gasteiger partial charge in [0.1, 0.15) is 17.2 Å². The summed E-state index contributed by atoms with van der Waals surface area (Å²) < 4.78 is 28.7. The van der Waals surface area contributed by atoms with Gasteiger partial charge in [-0.15, -0.1) is 0 Å². The van der Waals surface area contributed by atoms with Crippen LogP contribution in [0.15, 0.2) is 23.0 Å². The summed E-state index contributed by atoms with van der Waals surface area (Å²) in [5, 5.41) is 16.4. The Kier molecular flexibility index (Phi) is 5.72. The third-order valence-electron chi connectivity index (χ3n) is 6.06. The fourth-order valence-electron chi connectivity index (χ4n) is 4.60. The number of amides is 2. The first-order valence-corrected chi connectivity index (χ1v) is 10.5. The average molecular weight is 446 g/mol. The van der Waals surface area contributed by atoms with E-state index in [-0.39, 0.29) is 35.4 Å². The van der Waals surface area contributed by atoms with Crippen LogP contribution in [0.5, 0.6) is 5.75 Å². The lowest BCUT2D eigenvalue weighted by atomic mass is 10.0. The van der Waals surface area contributed by atoms with Crippen LogP contribution >= 0.6 is 0 Å². The maximum absolute atomic E-state index is 14.0. The molecule has 2 aliphatic rings. The molecule has 0 bridgehead atoms. The van der Waals surface area contributed by atoms with Crippen molar-refractivity contribution < 1.29 is 23.5 Å². The zero-order valence-electron chi connectivity index (χ0n) is 17.7. The largest absolute Gasteiger partial charge is 0.503 e. The fourth-order valence-corrected chi connectivity index (χ4v) is 4.60. The molecular weight excluding hydrogens is 422 g/mol. The van der Waals surface area contributed by atoms with Crippen LogP contribution in [0.25, 0.3) is 0 Å². The molecule has 2 atom stereocenters. The van der Waals surface area contributed by atoms with Gasteiger partial charge in [-0.2, -0.15) is 0 Å². The van der Waals surface area contributed by atoms with Gasteiger partial charge in [0.05, 0.1) is 17.8 Å². The molecule has 0 fully saturated rings. The van der Waals surface area contributed by atoms with E-state index in [0.29, 0.717) is 37.8 Å². The van der Waals surface area contributed by atoms with E-state index < -0.39 is 34.6 Å². The van der Waals surface area contributed by atoms with E-state index in [0.717, 1.165) is 6.07 Å². The molecular formula is C22H24F2N4O4. The van der Waals surface area contributed by atoms with E-state index in [1.54, 1.807) is 9.47 Å². The summed E-state index contributed by atoms with van der Waals surface area (Å²) in [4.78, 5) is 40.5. The standard InChI is InChI=1S/C22H24F2N4O4/c1-3-25-15-8-13-10-27(4-2)22(32)18-20(30)19(29)16(17(15)28(13)18)21(31)26-9-11-5-6-12(23)7-14(11)24/h5-7,13,15,25,30H,3-4,8-10H2,1-2H3,(H,26,31)/t13-,15?/m1/s1. The van der Waals surface area contributed by atoms with Crippen molar-refractivity contribution in [3.63, 3.8) is 0 Å². The van der Waals surface area contributed by atoms with E-state index in [1.807, 2.05) is 13.8 Å². The predicted molar refractivity (Wildman–Crippen MR) is 112 cm³/mol. The highest BCUT2D eigenvalue weighted by Gasteiger charge is 2.44. The monoisotopic (exact) mass is 446 g/mol. The number of hydrogen-bond acceptors (Lipinski definition) is 5. The Morgan fingerprint density at radius 2 is 2.00 bits per heavy atom. The van der Waals surface area contributed by atoms with Gasteiger partial charge in [0.25, 0.3) is 11.8 Å². The van der Waals surface area contributed by atoms with Crippen molar-refractivity contribution in [2.75, 3.05) is 19.6 Å². The molecule has 1 aromatic carbocycles. The highest BCUT2D eigenvalue weighted by molar-refractivity contribution is 6.00. The lowest BCUT2D eigenvalue weighted by Crippen LogP contribution is -2.44. The number of carbonyl (C=O) groups is 2. The van der Waals surface area contributed by atoms with Gasteiger partial charge in [-0.25, -0.2) is 8.78 Å². The van der Waals surface area contributed by atoms with Crippen LogP contribution in [0.1, 0.15) is 64.5 Å². The number of halogens is 2. The maximum Gasteiger partial charge on any atom is 0.274 e. The topological polar surface area (TPSA) is 104 Å². The minimum atomic E-state index is -0.946. The molecule has 2 amide bonds. The number of carbonyl (C=O) groups excluding carboxylic acids is 2. The molecule has 0 aliphatic carbocycles. The highest BCUT2D eigenvalue weighted by Crippen LogP contribution is 2.42. The van der Waals surface area contributed by atoms with Gasteiger partial charge >= 0.3 is 0 Å². The second-order valence-electron chi connectivity index (χ2n) is 7.92. The summed E-state index contributed by atoms with van der Waals surface area (Å²) in [6, 6.07) is 2.41. The van der Waals surface area contributed by atoms with E-state index in [4.69, 9.17) is 0 Å². The second-order valence-corrected chi connectivity index (χ2v) is 7.92. The van der Waals surface area contributed by atoms with Gasteiger partial charge in [-0.05, 0) is 26.0 Å². The quantitative estimate of drug-likeness (QED) is 0.628. The Bertz CT molecular complexity index is 1160. The number of nitrogens with zero attached hydrogens (tertiary/aromatic N) is 2. The molecule has 0 radical (unpaired) electrons. The molecule has 2 aromatic rings. The number of rotatable bonds is 6. The SMILES string of the molecule is CCNC1C[C@@H]2CN(CC)C(=O)c3c(O)c(=O)c(C(=O)NCc4ccc(F)cc4F)c1n32. The Morgan fingerprint density at radius 3 is 2.66 bits per heavy atom. The Balaban J connectivity index is 1.78. The molecule has 1 unspecified atom stereocenters. The molecule has 10 heteroatoms. The number of pyridine rings is 1. The number of benzene rings is 1. The Morgan fingerprint density at radius 1 is 1.25 bits per heavy atom. The molecule has 32 heavy (non-hydrogen) atoms. The minimum absolute atomic E-state index is 0.0494. The van der Waals surface area contributed by atoms with Crippen LogP contribution in [0.4, 0.5) is 8.78 Å². The van der Waals surface area contributed by atoms with E-state index in [2.05, 4.69) is 10.6 Å². The third-order valence-corrected chi connectivity index (χ3v) is 6.06. The van der Waals surface area contributed by atoms with Gasteiger partial charge in [0, 0.05) is 31.3 Å². The minimum Gasteiger partial charge on any atom is -0.503 e. The Hall–Kier alpha value is -3.27. The van der Waals surface area contributed by atoms with E-state index in [1.165, 1.54) is 6.07 Å². The molecule has 2 aliphatic heterocycles. The molecule has 4 rings (SSSR count). The van der Waals surface area contributed by atoms with Crippen LogP contribution in [-0.4, -0.2) is 46.0 Å². The molecule has 0 saturated carbocycles.